The second-order valence-electron chi connectivity index (χ2n) is 5.18. The second kappa shape index (κ2) is 5.19. The average Bonchev–Trinajstić information content (AvgIpc) is 2.66. The van der Waals surface area contributed by atoms with Crippen molar-refractivity contribution in [2.24, 2.45) is 0 Å². The molecule has 3 nitrogen and oxygen atoms in total. The van der Waals surface area contributed by atoms with Crippen LogP contribution in [0.2, 0.25) is 0 Å². The van der Waals surface area contributed by atoms with Crippen LogP contribution in [0.1, 0.15) is 39.4 Å². The molecular weight excluding hydrogens is 222 g/mol. The van der Waals surface area contributed by atoms with Crippen LogP contribution >= 0.6 is 11.6 Å². The van der Waals surface area contributed by atoms with Gasteiger partial charge in [-0.1, -0.05) is 0 Å². The number of rotatable bonds is 5. The van der Waals surface area contributed by atoms with Crippen molar-refractivity contribution in [1.82, 2.24) is 14.7 Å². The summed E-state index contributed by atoms with van der Waals surface area (Å²) in [5.41, 5.74) is 1.10. The minimum Gasteiger partial charge on any atom is -0.294 e. The van der Waals surface area contributed by atoms with Crippen molar-refractivity contribution >= 4 is 11.6 Å². The molecule has 0 N–H and O–H groups in total. The van der Waals surface area contributed by atoms with Crippen molar-refractivity contribution < 1.29 is 0 Å². The van der Waals surface area contributed by atoms with E-state index in [1.165, 1.54) is 0 Å². The van der Waals surface area contributed by atoms with E-state index in [1.807, 2.05) is 10.9 Å². The van der Waals surface area contributed by atoms with E-state index in [0.29, 0.717) is 11.9 Å². The molecule has 4 heteroatoms. The van der Waals surface area contributed by atoms with Crippen molar-refractivity contribution in [3.05, 3.63) is 18.0 Å². The Bertz CT molecular complexity index is 331. The normalized spacial score (nSPS) is 12.8. The van der Waals surface area contributed by atoms with Gasteiger partial charge < -0.3 is 0 Å². The van der Waals surface area contributed by atoms with Gasteiger partial charge >= 0.3 is 0 Å². The predicted molar refractivity (Wildman–Crippen MR) is 68.9 cm³/mol. The number of hydrogen-bond donors (Lipinski definition) is 0. The molecule has 0 saturated carbocycles. The highest BCUT2D eigenvalue weighted by molar-refractivity contribution is 6.18. The summed E-state index contributed by atoms with van der Waals surface area (Å²) in [4.78, 5) is 2.23. The maximum atomic E-state index is 5.94. The van der Waals surface area contributed by atoms with Crippen molar-refractivity contribution in [3.63, 3.8) is 0 Å². The Kier molecular flexibility index (Phi) is 4.39. The van der Waals surface area contributed by atoms with E-state index in [4.69, 9.17) is 11.6 Å². The maximum Gasteiger partial charge on any atom is 0.0764 e. The SMILES string of the molecule is CC(C)n1ccc(CN(C)C(C)(C)CCl)n1. The van der Waals surface area contributed by atoms with Crippen LogP contribution in [0.15, 0.2) is 12.3 Å². The second-order valence-corrected chi connectivity index (χ2v) is 5.45. The quantitative estimate of drug-likeness (QED) is 0.742. The fourth-order valence-electron chi connectivity index (χ4n) is 1.31. The summed E-state index contributed by atoms with van der Waals surface area (Å²) in [7, 11) is 2.08. The van der Waals surface area contributed by atoms with Crippen LogP contribution in [-0.2, 0) is 6.54 Å². The molecule has 0 aromatic carbocycles. The number of nitrogens with zero attached hydrogens (tertiary/aromatic N) is 3. The summed E-state index contributed by atoms with van der Waals surface area (Å²) in [6.07, 6.45) is 2.03. The number of alkyl halides is 1. The molecule has 92 valence electrons. The standard InChI is InChI=1S/C12H22ClN3/c1-10(2)16-7-6-11(14-16)8-15(5)12(3,4)9-13/h6-7,10H,8-9H2,1-5H3. The van der Waals surface area contributed by atoms with Crippen molar-refractivity contribution in [1.29, 1.82) is 0 Å². The van der Waals surface area contributed by atoms with Crippen LogP contribution in [0.4, 0.5) is 0 Å². The molecule has 0 spiro atoms. The lowest BCUT2D eigenvalue weighted by molar-refractivity contribution is 0.168. The first-order chi connectivity index (χ1) is 7.36. The van der Waals surface area contributed by atoms with E-state index in [2.05, 4.69) is 50.8 Å². The van der Waals surface area contributed by atoms with E-state index in [9.17, 15) is 0 Å². The maximum absolute atomic E-state index is 5.94. The molecule has 0 aliphatic carbocycles. The van der Waals surface area contributed by atoms with E-state index < -0.39 is 0 Å². The predicted octanol–water partition coefficient (Wildman–Crippen LogP) is 2.91. The molecule has 1 aromatic heterocycles. The van der Waals surface area contributed by atoms with Crippen LogP contribution in [-0.4, -0.2) is 33.1 Å². The molecule has 0 aliphatic heterocycles. The Morgan fingerprint density at radius 1 is 1.50 bits per heavy atom. The number of aromatic nitrogens is 2. The van der Waals surface area contributed by atoms with Crippen LogP contribution in [0.5, 0.6) is 0 Å². The van der Waals surface area contributed by atoms with Crippen LogP contribution in [0.25, 0.3) is 0 Å². The van der Waals surface area contributed by atoms with Gasteiger partial charge in [-0.15, -0.1) is 11.6 Å². The van der Waals surface area contributed by atoms with Gasteiger partial charge in [-0.25, -0.2) is 0 Å². The molecule has 0 aliphatic rings. The van der Waals surface area contributed by atoms with E-state index in [1.54, 1.807) is 0 Å². The first-order valence-electron chi connectivity index (χ1n) is 5.68. The third kappa shape index (κ3) is 3.22. The zero-order chi connectivity index (χ0) is 12.3. The Balaban J connectivity index is 2.66. The molecular formula is C12H22ClN3. The first kappa shape index (κ1) is 13.5. The lowest BCUT2D eigenvalue weighted by Gasteiger charge is -2.33. The van der Waals surface area contributed by atoms with E-state index in [0.717, 1.165) is 12.2 Å². The highest BCUT2D eigenvalue weighted by Gasteiger charge is 2.22. The van der Waals surface area contributed by atoms with Gasteiger partial charge in [0.15, 0.2) is 0 Å². The van der Waals surface area contributed by atoms with Gasteiger partial charge in [0.2, 0.25) is 0 Å². The Morgan fingerprint density at radius 3 is 2.56 bits per heavy atom. The van der Waals surface area contributed by atoms with Crippen LogP contribution in [0.3, 0.4) is 0 Å². The molecule has 0 fully saturated rings. The minimum absolute atomic E-state index is 0.00314. The Morgan fingerprint density at radius 2 is 2.12 bits per heavy atom. The lowest BCUT2D eigenvalue weighted by Crippen LogP contribution is -2.42. The molecule has 1 heterocycles. The summed E-state index contributed by atoms with van der Waals surface area (Å²) >= 11 is 5.94. The van der Waals surface area contributed by atoms with Gasteiger partial charge in [-0.05, 0) is 40.8 Å². The van der Waals surface area contributed by atoms with E-state index in [-0.39, 0.29) is 5.54 Å². The zero-order valence-electron chi connectivity index (χ0n) is 10.9. The van der Waals surface area contributed by atoms with Gasteiger partial charge in [0, 0.05) is 30.2 Å². The van der Waals surface area contributed by atoms with Crippen LogP contribution in [0, 0.1) is 0 Å². The van der Waals surface area contributed by atoms with Crippen molar-refractivity contribution in [2.75, 3.05) is 12.9 Å². The molecule has 0 atom stereocenters. The Labute approximate surface area is 103 Å². The molecule has 16 heavy (non-hydrogen) atoms. The lowest BCUT2D eigenvalue weighted by atomic mass is 10.1. The zero-order valence-corrected chi connectivity index (χ0v) is 11.6. The third-order valence-corrected chi connectivity index (χ3v) is 3.61. The Hall–Kier alpha value is -0.540. The fraction of sp³-hybridized carbons (Fsp3) is 0.750. The first-order valence-corrected chi connectivity index (χ1v) is 6.21. The van der Waals surface area contributed by atoms with Gasteiger partial charge in [0.25, 0.3) is 0 Å². The van der Waals surface area contributed by atoms with Crippen LogP contribution < -0.4 is 0 Å². The third-order valence-electron chi connectivity index (χ3n) is 2.95. The highest BCUT2D eigenvalue weighted by Crippen LogP contribution is 2.17. The summed E-state index contributed by atoms with van der Waals surface area (Å²) in [5.74, 6) is 0.619. The molecule has 0 radical (unpaired) electrons. The average molecular weight is 244 g/mol. The molecule has 1 rings (SSSR count). The molecule has 0 bridgehead atoms. The van der Waals surface area contributed by atoms with Gasteiger partial charge in [0.05, 0.1) is 5.69 Å². The van der Waals surface area contributed by atoms with Crippen molar-refractivity contribution in [2.45, 2.75) is 45.8 Å². The molecule has 0 unspecified atom stereocenters. The number of halogens is 1. The summed E-state index contributed by atoms with van der Waals surface area (Å²) in [5, 5.41) is 4.53. The highest BCUT2D eigenvalue weighted by atomic mass is 35.5. The number of hydrogen-bond acceptors (Lipinski definition) is 2. The largest absolute Gasteiger partial charge is 0.294 e. The van der Waals surface area contributed by atoms with Gasteiger partial charge in [-0.2, -0.15) is 5.10 Å². The topological polar surface area (TPSA) is 21.1 Å². The van der Waals surface area contributed by atoms with Crippen molar-refractivity contribution in [3.8, 4) is 0 Å². The fourth-order valence-corrected chi connectivity index (χ4v) is 1.51. The molecule has 0 saturated heterocycles. The summed E-state index contributed by atoms with van der Waals surface area (Å²) in [6, 6.07) is 2.49. The smallest absolute Gasteiger partial charge is 0.0764 e. The minimum atomic E-state index is 0.00314. The molecule has 1 aromatic rings. The summed E-state index contributed by atoms with van der Waals surface area (Å²) < 4.78 is 1.98. The van der Waals surface area contributed by atoms with Gasteiger partial charge in [-0.3, -0.25) is 9.58 Å². The van der Waals surface area contributed by atoms with Gasteiger partial charge in [0.1, 0.15) is 0 Å². The monoisotopic (exact) mass is 243 g/mol. The van der Waals surface area contributed by atoms with E-state index >= 15 is 0 Å². The summed E-state index contributed by atoms with van der Waals surface area (Å²) in [6.45, 7) is 9.37. The molecule has 0 amide bonds.